The molecular formula is C18H18FN3O. The fourth-order valence-electron chi connectivity index (χ4n) is 2.65. The van der Waals surface area contributed by atoms with E-state index in [0.717, 1.165) is 21.9 Å². The summed E-state index contributed by atoms with van der Waals surface area (Å²) in [6.45, 7) is 0.567. The predicted octanol–water partition coefficient (Wildman–Crippen LogP) is 3.51. The number of ether oxygens (including phenoxy) is 1. The zero-order valence-corrected chi connectivity index (χ0v) is 13.4. The van der Waals surface area contributed by atoms with Crippen LogP contribution in [0.5, 0.6) is 5.88 Å². The van der Waals surface area contributed by atoms with Gasteiger partial charge in [0.25, 0.3) is 0 Å². The lowest BCUT2D eigenvalue weighted by atomic mass is 10.0. The van der Waals surface area contributed by atoms with Crippen LogP contribution in [0.1, 0.15) is 5.56 Å². The highest BCUT2D eigenvalue weighted by Crippen LogP contribution is 2.32. The number of hydrogen-bond acceptors (Lipinski definition) is 4. The molecule has 4 nitrogen and oxygen atoms in total. The van der Waals surface area contributed by atoms with Gasteiger partial charge in [0, 0.05) is 36.3 Å². The summed E-state index contributed by atoms with van der Waals surface area (Å²) in [6.07, 6.45) is 5.13. The SMILES string of the molecule is COc1nccc2c(-c3ccc(CN(C)C)c(F)c3)cncc12. The molecule has 0 aliphatic carbocycles. The van der Waals surface area contributed by atoms with Crippen LogP contribution in [0.2, 0.25) is 0 Å². The fraction of sp³-hybridized carbons (Fsp3) is 0.222. The van der Waals surface area contributed by atoms with E-state index in [1.165, 1.54) is 0 Å². The quantitative estimate of drug-likeness (QED) is 0.739. The molecule has 0 atom stereocenters. The second-order valence-electron chi connectivity index (χ2n) is 5.65. The summed E-state index contributed by atoms with van der Waals surface area (Å²) in [7, 11) is 5.41. The van der Waals surface area contributed by atoms with E-state index in [9.17, 15) is 4.39 Å². The number of nitrogens with zero attached hydrogens (tertiary/aromatic N) is 3. The first-order valence-corrected chi connectivity index (χ1v) is 7.30. The maximum absolute atomic E-state index is 14.4. The highest BCUT2D eigenvalue weighted by molar-refractivity contribution is 5.98. The van der Waals surface area contributed by atoms with Gasteiger partial charge in [-0.1, -0.05) is 12.1 Å². The van der Waals surface area contributed by atoms with Crippen molar-refractivity contribution in [2.45, 2.75) is 6.54 Å². The maximum atomic E-state index is 14.4. The van der Waals surface area contributed by atoms with Crippen LogP contribution in [0.15, 0.2) is 42.9 Å². The summed E-state index contributed by atoms with van der Waals surface area (Å²) in [5.74, 6) is 0.302. The predicted molar refractivity (Wildman–Crippen MR) is 88.9 cm³/mol. The third-order valence-electron chi connectivity index (χ3n) is 3.70. The van der Waals surface area contributed by atoms with Crippen molar-refractivity contribution in [2.24, 2.45) is 0 Å². The average Bonchev–Trinajstić information content (AvgIpc) is 2.55. The molecule has 0 fully saturated rings. The third kappa shape index (κ3) is 3.00. The molecule has 118 valence electrons. The molecule has 0 aliphatic rings. The summed E-state index contributed by atoms with van der Waals surface area (Å²) in [5, 5.41) is 1.75. The summed E-state index contributed by atoms with van der Waals surface area (Å²) in [6, 6.07) is 7.19. The molecule has 23 heavy (non-hydrogen) atoms. The van der Waals surface area contributed by atoms with E-state index in [4.69, 9.17) is 4.74 Å². The molecule has 0 saturated heterocycles. The molecule has 2 aromatic heterocycles. The Morgan fingerprint density at radius 3 is 2.65 bits per heavy atom. The second-order valence-corrected chi connectivity index (χ2v) is 5.65. The minimum atomic E-state index is -0.214. The van der Waals surface area contributed by atoms with Gasteiger partial charge in [-0.05, 0) is 37.2 Å². The van der Waals surface area contributed by atoms with Gasteiger partial charge in [-0.3, -0.25) is 4.98 Å². The molecule has 3 aromatic rings. The topological polar surface area (TPSA) is 38.2 Å². The van der Waals surface area contributed by atoms with Gasteiger partial charge < -0.3 is 9.64 Å². The Hall–Kier alpha value is -2.53. The largest absolute Gasteiger partial charge is 0.481 e. The number of benzene rings is 1. The number of rotatable bonds is 4. The van der Waals surface area contributed by atoms with E-state index >= 15 is 0 Å². The molecule has 0 unspecified atom stereocenters. The smallest absolute Gasteiger partial charge is 0.222 e. The molecule has 0 spiro atoms. The van der Waals surface area contributed by atoms with Crippen molar-refractivity contribution < 1.29 is 9.13 Å². The Bertz CT molecular complexity index is 849. The van der Waals surface area contributed by atoms with Crippen LogP contribution < -0.4 is 4.74 Å². The molecule has 0 bridgehead atoms. The number of hydrogen-bond donors (Lipinski definition) is 0. The molecule has 5 heteroatoms. The van der Waals surface area contributed by atoms with Crippen LogP contribution in [0.3, 0.4) is 0 Å². The van der Waals surface area contributed by atoms with Gasteiger partial charge in [0.05, 0.1) is 12.5 Å². The van der Waals surface area contributed by atoms with Crippen molar-refractivity contribution in [1.82, 2.24) is 14.9 Å². The van der Waals surface area contributed by atoms with Crippen LogP contribution >= 0.6 is 0 Å². The standard InChI is InChI=1S/C18H18FN3O/c1-22(2)11-13-5-4-12(8-17(13)19)15-9-20-10-16-14(15)6-7-21-18(16)23-3/h4-10H,11H2,1-3H3. The lowest BCUT2D eigenvalue weighted by Crippen LogP contribution is -2.11. The molecule has 0 N–H and O–H groups in total. The van der Waals surface area contributed by atoms with E-state index in [1.54, 1.807) is 31.8 Å². The number of methoxy groups -OCH3 is 1. The van der Waals surface area contributed by atoms with Gasteiger partial charge in [0.2, 0.25) is 5.88 Å². The van der Waals surface area contributed by atoms with Crippen LogP contribution in [-0.2, 0) is 6.54 Å². The Morgan fingerprint density at radius 1 is 1.13 bits per heavy atom. The molecule has 2 heterocycles. The van der Waals surface area contributed by atoms with Crippen molar-refractivity contribution in [2.75, 3.05) is 21.2 Å². The Balaban J connectivity index is 2.12. The van der Waals surface area contributed by atoms with Gasteiger partial charge in [-0.25, -0.2) is 9.37 Å². The first kappa shape index (κ1) is 15.4. The lowest BCUT2D eigenvalue weighted by molar-refractivity contribution is 0.392. The highest BCUT2D eigenvalue weighted by Gasteiger charge is 2.11. The van der Waals surface area contributed by atoms with Crippen LogP contribution in [-0.4, -0.2) is 36.1 Å². The van der Waals surface area contributed by atoms with E-state index in [1.807, 2.05) is 37.2 Å². The van der Waals surface area contributed by atoms with Crippen molar-refractivity contribution >= 4 is 10.8 Å². The highest BCUT2D eigenvalue weighted by atomic mass is 19.1. The number of pyridine rings is 2. The summed E-state index contributed by atoms with van der Waals surface area (Å²) in [4.78, 5) is 10.4. The van der Waals surface area contributed by atoms with E-state index in [-0.39, 0.29) is 5.82 Å². The zero-order valence-electron chi connectivity index (χ0n) is 13.4. The molecule has 0 radical (unpaired) electrons. The number of aromatic nitrogens is 2. The van der Waals surface area contributed by atoms with Crippen molar-refractivity contribution in [1.29, 1.82) is 0 Å². The number of halogens is 1. The van der Waals surface area contributed by atoms with E-state index in [0.29, 0.717) is 18.0 Å². The Kier molecular flexibility index (Phi) is 4.21. The minimum absolute atomic E-state index is 0.214. The lowest BCUT2D eigenvalue weighted by Gasteiger charge is -2.12. The molecular weight excluding hydrogens is 293 g/mol. The fourth-order valence-corrected chi connectivity index (χ4v) is 2.65. The normalized spacial score (nSPS) is 11.2. The molecule has 0 saturated carbocycles. The van der Waals surface area contributed by atoms with Crippen molar-refractivity contribution in [3.05, 3.63) is 54.2 Å². The zero-order chi connectivity index (χ0) is 16.4. The van der Waals surface area contributed by atoms with Crippen LogP contribution in [0.4, 0.5) is 4.39 Å². The first-order valence-electron chi connectivity index (χ1n) is 7.30. The molecule has 0 amide bonds. The number of fused-ring (bicyclic) bond motifs is 1. The maximum Gasteiger partial charge on any atom is 0.222 e. The summed E-state index contributed by atoms with van der Waals surface area (Å²) in [5.41, 5.74) is 2.32. The third-order valence-corrected chi connectivity index (χ3v) is 3.70. The van der Waals surface area contributed by atoms with E-state index in [2.05, 4.69) is 9.97 Å². The van der Waals surface area contributed by atoms with Crippen LogP contribution in [0, 0.1) is 5.82 Å². The average molecular weight is 311 g/mol. The van der Waals surface area contributed by atoms with Crippen LogP contribution in [0.25, 0.3) is 21.9 Å². The van der Waals surface area contributed by atoms with Crippen molar-refractivity contribution in [3.8, 4) is 17.0 Å². The van der Waals surface area contributed by atoms with Gasteiger partial charge in [0.1, 0.15) is 5.82 Å². The monoisotopic (exact) mass is 311 g/mol. The summed E-state index contributed by atoms with van der Waals surface area (Å²) < 4.78 is 19.6. The van der Waals surface area contributed by atoms with Crippen molar-refractivity contribution in [3.63, 3.8) is 0 Å². The van der Waals surface area contributed by atoms with Gasteiger partial charge in [0.15, 0.2) is 0 Å². The summed E-state index contributed by atoms with van der Waals surface area (Å²) >= 11 is 0. The van der Waals surface area contributed by atoms with Gasteiger partial charge in [-0.15, -0.1) is 0 Å². The molecule has 0 aliphatic heterocycles. The molecule has 1 aromatic carbocycles. The Labute approximate surface area is 134 Å². The molecule has 3 rings (SSSR count). The van der Waals surface area contributed by atoms with Gasteiger partial charge >= 0.3 is 0 Å². The second kappa shape index (κ2) is 6.30. The Morgan fingerprint density at radius 2 is 1.96 bits per heavy atom. The minimum Gasteiger partial charge on any atom is -0.481 e. The van der Waals surface area contributed by atoms with Gasteiger partial charge in [-0.2, -0.15) is 0 Å². The van der Waals surface area contributed by atoms with E-state index < -0.39 is 0 Å². The first-order chi connectivity index (χ1) is 11.1.